The molecule has 1 atom stereocenters. The number of ether oxygens (including phenoxy) is 1. The van der Waals surface area contributed by atoms with E-state index >= 15 is 0 Å². The summed E-state index contributed by atoms with van der Waals surface area (Å²) in [6.07, 6.45) is 5.51. The predicted octanol–water partition coefficient (Wildman–Crippen LogP) is 3.84. The summed E-state index contributed by atoms with van der Waals surface area (Å²) < 4.78 is 8.45. The largest absolute Gasteiger partial charge is 0.444 e. The molecule has 6 nitrogen and oxygen atoms in total. The number of piperidine rings is 1. The monoisotopic (exact) mass is 394 g/mol. The van der Waals surface area contributed by atoms with E-state index < -0.39 is 5.60 Å². The molecular weight excluding hydrogens is 372 g/mol. The van der Waals surface area contributed by atoms with Crippen LogP contribution in [0.25, 0.3) is 11.0 Å². The first-order valence-electron chi connectivity index (χ1n) is 8.26. The second-order valence-corrected chi connectivity index (χ2v) is 8.14. The number of pyridine rings is 1. The highest BCUT2D eigenvalue weighted by atomic mass is 79.9. The van der Waals surface area contributed by atoms with Gasteiger partial charge in [-0.15, -0.1) is 0 Å². The maximum atomic E-state index is 12.3. The number of imidazole rings is 1. The SMILES string of the molecule is CC(C)(C)OC(=O)N1CCCC(Cn2cnc3cnc(Br)cc32)C1. The van der Waals surface area contributed by atoms with Crippen molar-refractivity contribution in [1.29, 1.82) is 0 Å². The van der Waals surface area contributed by atoms with E-state index in [-0.39, 0.29) is 6.09 Å². The van der Waals surface area contributed by atoms with Crippen LogP contribution >= 0.6 is 15.9 Å². The fraction of sp³-hybridized carbons (Fsp3) is 0.588. The van der Waals surface area contributed by atoms with Crippen molar-refractivity contribution in [2.24, 2.45) is 5.92 Å². The van der Waals surface area contributed by atoms with Crippen molar-refractivity contribution >= 4 is 33.1 Å². The van der Waals surface area contributed by atoms with Gasteiger partial charge in [0.2, 0.25) is 0 Å². The zero-order chi connectivity index (χ0) is 17.3. The summed E-state index contributed by atoms with van der Waals surface area (Å²) in [5, 5.41) is 0. The molecule has 1 amide bonds. The van der Waals surface area contributed by atoms with Crippen molar-refractivity contribution < 1.29 is 9.53 Å². The number of aromatic nitrogens is 3. The standard InChI is InChI=1S/C17H23BrN4O2/c1-17(2,3)24-16(23)21-6-4-5-12(9-21)10-22-11-20-13-8-19-15(18)7-14(13)22/h7-8,11-12H,4-6,9-10H2,1-3H3. The second kappa shape index (κ2) is 6.70. The molecule has 7 heteroatoms. The van der Waals surface area contributed by atoms with E-state index in [1.165, 1.54) is 0 Å². The Morgan fingerprint density at radius 2 is 2.21 bits per heavy atom. The third kappa shape index (κ3) is 4.06. The zero-order valence-corrected chi connectivity index (χ0v) is 15.9. The van der Waals surface area contributed by atoms with Crippen molar-refractivity contribution in [1.82, 2.24) is 19.4 Å². The van der Waals surface area contributed by atoms with Crippen LogP contribution < -0.4 is 0 Å². The summed E-state index contributed by atoms with van der Waals surface area (Å²) in [4.78, 5) is 22.7. The summed E-state index contributed by atoms with van der Waals surface area (Å²) in [6, 6.07) is 1.98. The lowest BCUT2D eigenvalue weighted by molar-refractivity contribution is 0.0158. The topological polar surface area (TPSA) is 60.2 Å². The van der Waals surface area contributed by atoms with Gasteiger partial charge in [-0.2, -0.15) is 0 Å². The van der Waals surface area contributed by atoms with Gasteiger partial charge in [-0.05, 0) is 61.5 Å². The first-order valence-corrected chi connectivity index (χ1v) is 9.05. The van der Waals surface area contributed by atoms with Gasteiger partial charge in [-0.1, -0.05) is 0 Å². The third-order valence-electron chi connectivity index (χ3n) is 4.10. The molecule has 1 aliphatic rings. The van der Waals surface area contributed by atoms with Crippen LogP contribution in [0, 0.1) is 5.92 Å². The molecule has 0 aromatic carbocycles. The third-order valence-corrected chi connectivity index (χ3v) is 4.53. The van der Waals surface area contributed by atoms with Crippen LogP contribution in [0.1, 0.15) is 33.6 Å². The van der Waals surface area contributed by atoms with Crippen molar-refractivity contribution in [3.8, 4) is 0 Å². The molecule has 0 radical (unpaired) electrons. The van der Waals surface area contributed by atoms with Crippen molar-refractivity contribution in [3.63, 3.8) is 0 Å². The lowest BCUT2D eigenvalue weighted by Gasteiger charge is -2.34. The number of likely N-dealkylation sites (tertiary alicyclic amines) is 1. The Hall–Kier alpha value is -1.63. The molecule has 2 aromatic heterocycles. The number of carbonyl (C=O) groups excluding carboxylic acids is 1. The lowest BCUT2D eigenvalue weighted by atomic mass is 9.98. The Bertz CT molecular complexity index is 738. The van der Waals surface area contributed by atoms with Gasteiger partial charge in [-0.25, -0.2) is 14.8 Å². The van der Waals surface area contributed by atoms with Crippen LogP contribution in [-0.4, -0.2) is 44.2 Å². The van der Waals surface area contributed by atoms with Gasteiger partial charge >= 0.3 is 6.09 Å². The first-order chi connectivity index (χ1) is 11.3. The van der Waals surface area contributed by atoms with E-state index in [1.807, 2.05) is 38.1 Å². The molecule has 2 aromatic rings. The number of hydrogen-bond acceptors (Lipinski definition) is 4. The highest BCUT2D eigenvalue weighted by Gasteiger charge is 2.28. The Balaban J connectivity index is 1.68. The zero-order valence-electron chi connectivity index (χ0n) is 14.3. The maximum absolute atomic E-state index is 12.3. The van der Waals surface area contributed by atoms with Crippen molar-refractivity contribution in [3.05, 3.63) is 23.2 Å². The van der Waals surface area contributed by atoms with Crippen LogP contribution in [0.3, 0.4) is 0 Å². The lowest BCUT2D eigenvalue weighted by Crippen LogP contribution is -2.43. The van der Waals surface area contributed by atoms with Crippen LogP contribution in [0.2, 0.25) is 0 Å². The second-order valence-electron chi connectivity index (χ2n) is 7.33. The summed E-state index contributed by atoms with van der Waals surface area (Å²) in [5.41, 5.74) is 1.49. The van der Waals surface area contributed by atoms with Crippen LogP contribution in [0.15, 0.2) is 23.2 Å². The number of hydrogen-bond donors (Lipinski definition) is 0. The molecule has 1 aliphatic heterocycles. The summed E-state index contributed by atoms with van der Waals surface area (Å²) >= 11 is 3.41. The van der Waals surface area contributed by atoms with Gasteiger partial charge in [0.25, 0.3) is 0 Å². The number of halogens is 1. The van der Waals surface area contributed by atoms with Crippen molar-refractivity contribution in [2.75, 3.05) is 13.1 Å². The van der Waals surface area contributed by atoms with Gasteiger partial charge in [0, 0.05) is 19.6 Å². The first kappa shape index (κ1) is 17.2. The maximum Gasteiger partial charge on any atom is 0.410 e. The molecule has 1 saturated heterocycles. The van der Waals surface area contributed by atoms with Crippen LogP contribution in [0.4, 0.5) is 4.79 Å². The molecular formula is C17H23BrN4O2. The number of nitrogens with zero attached hydrogens (tertiary/aromatic N) is 4. The molecule has 0 bridgehead atoms. The van der Waals surface area contributed by atoms with Crippen molar-refractivity contribution in [2.45, 2.75) is 45.8 Å². The van der Waals surface area contributed by atoms with Gasteiger partial charge in [0.05, 0.1) is 18.0 Å². The molecule has 0 aliphatic carbocycles. The van der Waals surface area contributed by atoms with Gasteiger partial charge in [0.15, 0.2) is 0 Å². The summed E-state index contributed by atoms with van der Waals surface area (Å²) in [7, 11) is 0. The number of rotatable bonds is 2. The van der Waals surface area contributed by atoms with E-state index in [4.69, 9.17) is 4.74 Å². The molecule has 0 spiro atoms. The number of amides is 1. The molecule has 24 heavy (non-hydrogen) atoms. The molecule has 3 heterocycles. The molecule has 1 unspecified atom stereocenters. The normalized spacial score (nSPS) is 18.8. The molecule has 0 N–H and O–H groups in total. The van der Waals surface area contributed by atoms with E-state index in [1.54, 1.807) is 6.20 Å². The Labute approximate surface area is 150 Å². The fourth-order valence-electron chi connectivity index (χ4n) is 3.07. The highest BCUT2D eigenvalue weighted by Crippen LogP contribution is 2.23. The Morgan fingerprint density at radius 1 is 1.42 bits per heavy atom. The minimum atomic E-state index is -0.455. The number of carbonyl (C=O) groups is 1. The minimum absolute atomic E-state index is 0.213. The highest BCUT2D eigenvalue weighted by molar-refractivity contribution is 9.10. The quantitative estimate of drug-likeness (QED) is 0.725. The average molecular weight is 395 g/mol. The van der Waals surface area contributed by atoms with Gasteiger partial charge < -0.3 is 14.2 Å². The summed E-state index contributed by atoms with van der Waals surface area (Å²) in [6.45, 7) is 8.03. The smallest absolute Gasteiger partial charge is 0.410 e. The molecule has 0 saturated carbocycles. The average Bonchev–Trinajstić information content (AvgIpc) is 2.88. The molecule has 1 fully saturated rings. The van der Waals surface area contributed by atoms with Gasteiger partial charge in [-0.3, -0.25) is 0 Å². The predicted molar refractivity (Wildman–Crippen MR) is 95.8 cm³/mol. The van der Waals surface area contributed by atoms with E-state index in [2.05, 4.69) is 30.5 Å². The van der Waals surface area contributed by atoms with E-state index in [0.717, 1.165) is 48.1 Å². The van der Waals surface area contributed by atoms with Gasteiger partial charge in [0.1, 0.15) is 15.7 Å². The van der Waals surface area contributed by atoms with E-state index in [0.29, 0.717) is 5.92 Å². The Kier molecular flexibility index (Phi) is 4.80. The Morgan fingerprint density at radius 3 is 2.96 bits per heavy atom. The minimum Gasteiger partial charge on any atom is -0.444 e. The fourth-order valence-corrected chi connectivity index (χ4v) is 3.39. The van der Waals surface area contributed by atoms with Crippen LogP contribution in [0.5, 0.6) is 0 Å². The van der Waals surface area contributed by atoms with Crippen LogP contribution in [-0.2, 0) is 11.3 Å². The number of fused-ring (bicyclic) bond motifs is 1. The molecule has 130 valence electrons. The molecule has 3 rings (SSSR count). The van der Waals surface area contributed by atoms with E-state index in [9.17, 15) is 4.79 Å². The summed E-state index contributed by atoms with van der Waals surface area (Å²) in [5.74, 6) is 0.399.